The summed E-state index contributed by atoms with van der Waals surface area (Å²) in [6, 6.07) is 4.37. The Bertz CT molecular complexity index is 1470. The third-order valence-electron chi connectivity index (χ3n) is 6.97. The molecule has 1 unspecified atom stereocenters. The Morgan fingerprint density at radius 2 is 2.15 bits per heavy atom. The first-order valence-corrected chi connectivity index (χ1v) is 13.4. The van der Waals surface area contributed by atoms with Gasteiger partial charge in [-0.3, -0.25) is 9.58 Å². The molecule has 0 radical (unpaired) electrons. The van der Waals surface area contributed by atoms with Crippen LogP contribution in [0.15, 0.2) is 36.8 Å². The first-order chi connectivity index (χ1) is 19.4. The second-order valence-corrected chi connectivity index (χ2v) is 10.9. The van der Waals surface area contributed by atoms with E-state index in [0.29, 0.717) is 54.8 Å². The van der Waals surface area contributed by atoms with Crippen LogP contribution in [0.25, 0.3) is 11.3 Å². The first kappa shape index (κ1) is 27.5. The summed E-state index contributed by atoms with van der Waals surface area (Å²) in [5, 5.41) is 6.95. The topological polar surface area (TPSA) is 107 Å². The number of hydrogen-bond donors (Lipinski definition) is 1. The Morgan fingerprint density at radius 3 is 2.90 bits per heavy atom. The molecule has 3 aliphatic rings. The molecule has 2 saturated heterocycles. The van der Waals surface area contributed by atoms with Crippen molar-refractivity contribution >= 4 is 34.8 Å². The summed E-state index contributed by atoms with van der Waals surface area (Å²) in [6.45, 7) is 4.37. The molecule has 1 N–H and O–H groups in total. The standard InChI is InChI=1S/C26H27ClF3N7O4/c1-25(2)40-13-18(41-25)12-39-21-7-16(3-5-31-21)33-24(38)37-17-4-6-35(11-17)20-8-19(27)22(34-23(20)37)15-9-32-36(10-15)14-26(28,29)30/h3,5,7-10,17-18H,4,6,11-14H2,1-2H3,(H,31,33,38)/t17-,18?/m0/s1. The number of carbonyl (C=O) groups is 1. The Labute approximate surface area is 238 Å². The zero-order chi connectivity index (χ0) is 28.9. The van der Waals surface area contributed by atoms with Crippen molar-refractivity contribution < 1.29 is 32.2 Å². The summed E-state index contributed by atoms with van der Waals surface area (Å²) >= 11 is 6.54. The smallest absolute Gasteiger partial charge is 0.408 e. The third kappa shape index (κ3) is 5.90. The zero-order valence-corrected chi connectivity index (χ0v) is 22.9. The molecule has 2 bridgehead atoms. The van der Waals surface area contributed by atoms with Crippen LogP contribution in [0.1, 0.15) is 20.3 Å². The zero-order valence-electron chi connectivity index (χ0n) is 22.2. The van der Waals surface area contributed by atoms with Crippen LogP contribution in [0.5, 0.6) is 5.88 Å². The number of urea groups is 1. The quantitative estimate of drug-likeness (QED) is 0.438. The Balaban J connectivity index is 1.22. The second kappa shape index (κ2) is 10.3. The molecule has 3 aromatic rings. The van der Waals surface area contributed by atoms with E-state index in [1.54, 1.807) is 23.1 Å². The number of pyridine rings is 2. The molecule has 15 heteroatoms. The molecule has 0 aliphatic carbocycles. The number of aromatic nitrogens is 4. The highest BCUT2D eigenvalue weighted by atomic mass is 35.5. The van der Waals surface area contributed by atoms with Crippen LogP contribution in [0, 0.1) is 0 Å². The molecule has 11 nitrogen and oxygen atoms in total. The molecule has 0 saturated carbocycles. The first-order valence-electron chi connectivity index (χ1n) is 13.0. The number of fused-ring (bicyclic) bond motifs is 4. The average molecular weight is 594 g/mol. The number of nitrogens with one attached hydrogen (secondary N) is 1. The van der Waals surface area contributed by atoms with E-state index < -0.39 is 24.5 Å². The summed E-state index contributed by atoms with van der Waals surface area (Å²) in [5.41, 5.74) is 1.69. The Hall–Kier alpha value is -3.62. The predicted octanol–water partition coefficient (Wildman–Crippen LogP) is 4.72. The molecule has 6 heterocycles. The lowest BCUT2D eigenvalue weighted by molar-refractivity contribution is -0.142. The van der Waals surface area contributed by atoms with Crippen LogP contribution >= 0.6 is 11.6 Å². The predicted molar refractivity (Wildman–Crippen MR) is 143 cm³/mol. The number of ether oxygens (including phenoxy) is 3. The van der Waals surface area contributed by atoms with E-state index in [0.717, 1.165) is 4.68 Å². The molecule has 2 fully saturated rings. The van der Waals surface area contributed by atoms with Crippen molar-refractivity contribution in [1.29, 1.82) is 0 Å². The van der Waals surface area contributed by atoms with E-state index in [4.69, 9.17) is 25.8 Å². The summed E-state index contributed by atoms with van der Waals surface area (Å²) in [4.78, 5) is 26.2. The van der Waals surface area contributed by atoms with Gasteiger partial charge in [0.25, 0.3) is 0 Å². The van der Waals surface area contributed by atoms with Crippen LogP contribution in [-0.2, 0) is 16.0 Å². The van der Waals surface area contributed by atoms with Crippen LogP contribution in [-0.4, -0.2) is 76.2 Å². The fraction of sp³-hybridized carbons (Fsp3) is 0.462. The number of rotatable bonds is 6. The molecule has 41 heavy (non-hydrogen) atoms. The van der Waals surface area contributed by atoms with Crippen LogP contribution in [0.4, 0.5) is 35.2 Å². The maximum Gasteiger partial charge on any atom is 0.408 e. The number of hydrogen-bond acceptors (Lipinski definition) is 8. The molecular formula is C26H27ClF3N7O4. The van der Waals surface area contributed by atoms with Crippen molar-refractivity contribution in [3.8, 4) is 17.1 Å². The van der Waals surface area contributed by atoms with Crippen LogP contribution < -0.4 is 19.9 Å². The van der Waals surface area contributed by atoms with Crippen molar-refractivity contribution in [3.05, 3.63) is 41.8 Å². The Morgan fingerprint density at radius 1 is 1.32 bits per heavy atom. The van der Waals surface area contributed by atoms with Gasteiger partial charge < -0.3 is 24.4 Å². The highest BCUT2D eigenvalue weighted by Crippen LogP contribution is 2.43. The van der Waals surface area contributed by atoms with Crippen molar-refractivity contribution in [2.75, 3.05) is 41.4 Å². The lowest BCUT2D eigenvalue weighted by atomic mass is 10.1. The van der Waals surface area contributed by atoms with Gasteiger partial charge in [0, 0.05) is 42.8 Å². The molecule has 2 amide bonds. The molecule has 218 valence electrons. The number of anilines is 3. The van der Waals surface area contributed by atoms with E-state index in [9.17, 15) is 18.0 Å². The molecule has 2 atom stereocenters. The van der Waals surface area contributed by atoms with E-state index in [1.807, 2.05) is 13.8 Å². The van der Waals surface area contributed by atoms with Gasteiger partial charge in [0.1, 0.15) is 19.3 Å². The SMILES string of the molecule is CC1(C)OCC(COc2cc(NC(=O)N3c4nc(-c5cnn(CC(F)(F)F)c5)c(Cl)cc4N4CC[C@H]3C4)ccn2)O1. The number of alkyl halides is 3. The summed E-state index contributed by atoms with van der Waals surface area (Å²) in [5.74, 6) is 0.00970. The second-order valence-electron chi connectivity index (χ2n) is 10.5. The molecule has 3 aliphatic heterocycles. The maximum absolute atomic E-state index is 13.6. The van der Waals surface area contributed by atoms with Gasteiger partial charge in [-0.15, -0.1) is 0 Å². The molecular weight excluding hydrogens is 567 g/mol. The van der Waals surface area contributed by atoms with Crippen molar-refractivity contribution in [3.63, 3.8) is 0 Å². The van der Waals surface area contributed by atoms with Gasteiger partial charge in [-0.05, 0) is 32.4 Å². The fourth-order valence-corrected chi connectivity index (χ4v) is 5.47. The van der Waals surface area contributed by atoms with E-state index in [-0.39, 0.29) is 29.5 Å². The molecule has 3 aromatic heterocycles. The monoisotopic (exact) mass is 593 g/mol. The van der Waals surface area contributed by atoms with Gasteiger partial charge in [-0.2, -0.15) is 18.3 Å². The van der Waals surface area contributed by atoms with E-state index >= 15 is 0 Å². The van der Waals surface area contributed by atoms with Gasteiger partial charge in [-0.1, -0.05) is 11.6 Å². The lowest BCUT2D eigenvalue weighted by Crippen LogP contribution is -2.48. The number of nitrogens with zero attached hydrogens (tertiary/aromatic N) is 6. The average Bonchev–Trinajstić information content (AvgIpc) is 3.61. The van der Waals surface area contributed by atoms with Crippen molar-refractivity contribution in [1.82, 2.24) is 19.7 Å². The minimum atomic E-state index is -4.43. The minimum Gasteiger partial charge on any atom is -0.475 e. The summed E-state index contributed by atoms with van der Waals surface area (Å²) in [6.07, 6.45) is 0.0789. The summed E-state index contributed by atoms with van der Waals surface area (Å²) in [7, 11) is 0. The lowest BCUT2D eigenvalue weighted by Gasteiger charge is -2.36. The fourth-order valence-electron chi connectivity index (χ4n) is 5.22. The van der Waals surface area contributed by atoms with Crippen LogP contribution in [0.2, 0.25) is 5.02 Å². The van der Waals surface area contributed by atoms with Crippen molar-refractivity contribution in [2.24, 2.45) is 0 Å². The van der Waals surface area contributed by atoms with Gasteiger partial charge in [-0.25, -0.2) is 14.8 Å². The number of amides is 2. The minimum absolute atomic E-state index is 0.155. The highest BCUT2D eigenvalue weighted by Gasteiger charge is 2.41. The van der Waals surface area contributed by atoms with Gasteiger partial charge >= 0.3 is 12.2 Å². The number of halogens is 4. The van der Waals surface area contributed by atoms with Gasteiger partial charge in [0.05, 0.1) is 35.2 Å². The highest BCUT2D eigenvalue weighted by molar-refractivity contribution is 6.33. The largest absolute Gasteiger partial charge is 0.475 e. The molecule has 0 aromatic carbocycles. The van der Waals surface area contributed by atoms with Gasteiger partial charge in [0.2, 0.25) is 5.88 Å². The Kier molecular flexibility index (Phi) is 6.94. The van der Waals surface area contributed by atoms with Gasteiger partial charge in [0.15, 0.2) is 11.6 Å². The van der Waals surface area contributed by atoms with E-state index in [1.165, 1.54) is 18.6 Å². The van der Waals surface area contributed by atoms with E-state index in [2.05, 4.69) is 25.3 Å². The van der Waals surface area contributed by atoms with Crippen LogP contribution in [0.3, 0.4) is 0 Å². The third-order valence-corrected chi connectivity index (χ3v) is 7.26. The summed E-state index contributed by atoms with van der Waals surface area (Å²) < 4.78 is 56.4. The molecule has 0 spiro atoms. The normalized spacial score (nSPS) is 21.2. The molecule has 6 rings (SSSR count). The van der Waals surface area contributed by atoms with Crippen molar-refractivity contribution in [2.45, 2.75) is 50.9 Å². The maximum atomic E-state index is 13.6. The number of carbonyl (C=O) groups excluding carboxylic acids is 1.